The molecule has 24 heavy (non-hydrogen) atoms. The fourth-order valence-electron chi connectivity index (χ4n) is 2.96. The number of nitrogens with zero attached hydrogens (tertiary/aromatic N) is 3. The molecule has 1 aliphatic heterocycles. The Morgan fingerprint density at radius 2 is 2.04 bits per heavy atom. The lowest BCUT2D eigenvalue weighted by Gasteiger charge is -2.30. The van der Waals surface area contributed by atoms with E-state index in [-0.39, 0.29) is 5.91 Å². The average Bonchev–Trinajstić information content (AvgIpc) is 2.60. The van der Waals surface area contributed by atoms with Crippen LogP contribution in [0.15, 0.2) is 36.7 Å². The lowest BCUT2D eigenvalue weighted by molar-refractivity contribution is 0.0691. The summed E-state index contributed by atoms with van der Waals surface area (Å²) in [6, 6.07) is 10.1. The lowest BCUT2D eigenvalue weighted by Crippen LogP contribution is -2.38. The van der Waals surface area contributed by atoms with Crippen molar-refractivity contribution in [1.29, 1.82) is 0 Å². The van der Waals surface area contributed by atoms with Crippen molar-refractivity contribution >= 4 is 11.7 Å². The molecule has 3 rings (SSSR count). The van der Waals surface area contributed by atoms with Crippen LogP contribution in [-0.4, -0.2) is 33.9 Å². The number of piperidine rings is 1. The molecule has 0 saturated carbocycles. The first-order valence-electron chi connectivity index (χ1n) is 8.52. The van der Waals surface area contributed by atoms with Gasteiger partial charge in [0.25, 0.3) is 5.91 Å². The molecule has 126 valence electrons. The Morgan fingerprint density at radius 3 is 2.79 bits per heavy atom. The number of hydrogen-bond acceptors (Lipinski definition) is 4. The van der Waals surface area contributed by atoms with E-state index < -0.39 is 0 Å². The minimum atomic E-state index is 0.00269. The fourth-order valence-corrected chi connectivity index (χ4v) is 2.96. The SMILES string of the molecule is Cc1cccc(CNc2cc(C(=O)N3CCC(C)CC3)ncn2)c1. The summed E-state index contributed by atoms with van der Waals surface area (Å²) in [4.78, 5) is 22.9. The summed E-state index contributed by atoms with van der Waals surface area (Å²) in [5, 5.41) is 3.27. The van der Waals surface area contributed by atoms with Gasteiger partial charge in [-0.3, -0.25) is 4.79 Å². The van der Waals surface area contributed by atoms with Gasteiger partial charge in [0.05, 0.1) is 0 Å². The van der Waals surface area contributed by atoms with E-state index in [1.165, 1.54) is 17.5 Å². The largest absolute Gasteiger partial charge is 0.366 e. The van der Waals surface area contributed by atoms with Crippen molar-refractivity contribution in [1.82, 2.24) is 14.9 Å². The molecule has 2 aromatic rings. The van der Waals surface area contributed by atoms with E-state index in [1.807, 2.05) is 11.0 Å². The number of anilines is 1. The third kappa shape index (κ3) is 4.10. The second-order valence-corrected chi connectivity index (χ2v) is 6.61. The molecule has 1 aromatic carbocycles. The topological polar surface area (TPSA) is 58.1 Å². The van der Waals surface area contributed by atoms with E-state index in [9.17, 15) is 4.79 Å². The predicted octanol–water partition coefficient (Wildman–Crippen LogP) is 3.27. The molecule has 1 aromatic heterocycles. The molecule has 0 radical (unpaired) electrons. The molecule has 5 nitrogen and oxygen atoms in total. The highest BCUT2D eigenvalue weighted by atomic mass is 16.2. The van der Waals surface area contributed by atoms with Crippen LogP contribution in [0, 0.1) is 12.8 Å². The Bertz CT molecular complexity index is 708. The van der Waals surface area contributed by atoms with Gasteiger partial charge in [0, 0.05) is 25.7 Å². The first-order chi connectivity index (χ1) is 11.6. The first-order valence-corrected chi connectivity index (χ1v) is 8.52. The molecule has 1 aliphatic rings. The molecule has 0 atom stereocenters. The molecule has 5 heteroatoms. The number of likely N-dealkylation sites (tertiary alicyclic amines) is 1. The summed E-state index contributed by atoms with van der Waals surface area (Å²) >= 11 is 0. The molecule has 0 bridgehead atoms. The van der Waals surface area contributed by atoms with Crippen LogP contribution >= 0.6 is 0 Å². The fraction of sp³-hybridized carbons (Fsp3) is 0.421. The highest BCUT2D eigenvalue weighted by Gasteiger charge is 2.22. The van der Waals surface area contributed by atoms with Crippen molar-refractivity contribution in [2.24, 2.45) is 5.92 Å². The van der Waals surface area contributed by atoms with E-state index in [2.05, 4.69) is 47.3 Å². The minimum Gasteiger partial charge on any atom is -0.366 e. The van der Waals surface area contributed by atoms with E-state index in [4.69, 9.17) is 0 Å². The normalized spacial score (nSPS) is 15.3. The third-order valence-corrected chi connectivity index (χ3v) is 4.51. The standard InChI is InChI=1S/C19H24N4O/c1-14-6-8-23(9-7-14)19(24)17-11-18(22-13-21-17)20-12-16-5-3-4-15(2)10-16/h3-5,10-11,13-14H,6-9,12H2,1-2H3,(H,20,21,22). The van der Waals surface area contributed by atoms with Crippen LogP contribution < -0.4 is 5.32 Å². The van der Waals surface area contributed by atoms with Crippen LogP contribution in [0.4, 0.5) is 5.82 Å². The van der Waals surface area contributed by atoms with Gasteiger partial charge < -0.3 is 10.2 Å². The Kier molecular flexibility index (Phi) is 5.08. The maximum Gasteiger partial charge on any atom is 0.272 e. The smallest absolute Gasteiger partial charge is 0.272 e. The van der Waals surface area contributed by atoms with Crippen LogP contribution in [0.2, 0.25) is 0 Å². The van der Waals surface area contributed by atoms with Crippen LogP contribution in [0.5, 0.6) is 0 Å². The van der Waals surface area contributed by atoms with E-state index in [1.54, 1.807) is 6.07 Å². The molecular formula is C19H24N4O. The van der Waals surface area contributed by atoms with Crippen LogP contribution in [0.1, 0.15) is 41.4 Å². The van der Waals surface area contributed by atoms with E-state index in [0.29, 0.717) is 24.0 Å². The van der Waals surface area contributed by atoms with Crippen molar-refractivity contribution in [2.45, 2.75) is 33.2 Å². The summed E-state index contributed by atoms with van der Waals surface area (Å²) in [6.45, 7) is 6.62. The lowest BCUT2D eigenvalue weighted by atomic mass is 9.99. The zero-order valence-corrected chi connectivity index (χ0v) is 14.3. The molecule has 0 unspecified atom stereocenters. The molecular weight excluding hydrogens is 300 g/mol. The number of carbonyl (C=O) groups is 1. The zero-order chi connectivity index (χ0) is 16.9. The summed E-state index contributed by atoms with van der Waals surface area (Å²) in [5.74, 6) is 1.38. The van der Waals surface area contributed by atoms with Crippen molar-refractivity contribution < 1.29 is 4.79 Å². The van der Waals surface area contributed by atoms with Crippen molar-refractivity contribution in [3.8, 4) is 0 Å². The molecule has 0 aliphatic carbocycles. The van der Waals surface area contributed by atoms with Gasteiger partial charge in [-0.15, -0.1) is 0 Å². The minimum absolute atomic E-state index is 0.00269. The monoisotopic (exact) mass is 324 g/mol. The van der Waals surface area contributed by atoms with Gasteiger partial charge in [-0.1, -0.05) is 36.8 Å². The third-order valence-electron chi connectivity index (χ3n) is 4.51. The van der Waals surface area contributed by atoms with Gasteiger partial charge in [0.1, 0.15) is 17.8 Å². The highest BCUT2D eigenvalue weighted by molar-refractivity contribution is 5.92. The Morgan fingerprint density at radius 1 is 1.25 bits per heavy atom. The van der Waals surface area contributed by atoms with E-state index in [0.717, 1.165) is 25.9 Å². The molecule has 1 N–H and O–H groups in total. The average molecular weight is 324 g/mol. The number of rotatable bonds is 4. The first kappa shape index (κ1) is 16.4. The number of carbonyl (C=O) groups excluding carboxylic acids is 1. The van der Waals surface area contributed by atoms with Crippen molar-refractivity contribution in [3.63, 3.8) is 0 Å². The van der Waals surface area contributed by atoms with Crippen molar-refractivity contribution in [2.75, 3.05) is 18.4 Å². The number of hydrogen-bond donors (Lipinski definition) is 1. The van der Waals surface area contributed by atoms with Crippen LogP contribution in [0.25, 0.3) is 0 Å². The second kappa shape index (κ2) is 7.43. The van der Waals surface area contributed by atoms with Gasteiger partial charge >= 0.3 is 0 Å². The van der Waals surface area contributed by atoms with Crippen LogP contribution in [-0.2, 0) is 6.54 Å². The predicted molar refractivity (Wildman–Crippen MR) is 94.8 cm³/mol. The quantitative estimate of drug-likeness (QED) is 0.938. The summed E-state index contributed by atoms with van der Waals surface area (Å²) in [6.07, 6.45) is 3.59. The number of nitrogens with one attached hydrogen (secondary N) is 1. The van der Waals surface area contributed by atoms with Gasteiger partial charge in [-0.25, -0.2) is 9.97 Å². The second-order valence-electron chi connectivity index (χ2n) is 6.61. The Labute approximate surface area is 143 Å². The highest BCUT2D eigenvalue weighted by Crippen LogP contribution is 2.18. The molecule has 0 spiro atoms. The maximum absolute atomic E-state index is 12.6. The van der Waals surface area contributed by atoms with Gasteiger partial charge in [0.2, 0.25) is 0 Å². The van der Waals surface area contributed by atoms with Gasteiger partial charge in [-0.05, 0) is 31.2 Å². The Balaban J connectivity index is 1.64. The summed E-state index contributed by atoms with van der Waals surface area (Å²) in [7, 11) is 0. The molecule has 2 heterocycles. The summed E-state index contributed by atoms with van der Waals surface area (Å²) in [5.41, 5.74) is 2.88. The molecule has 1 saturated heterocycles. The molecule has 1 amide bonds. The maximum atomic E-state index is 12.6. The zero-order valence-electron chi connectivity index (χ0n) is 14.3. The van der Waals surface area contributed by atoms with Crippen molar-refractivity contribution in [3.05, 3.63) is 53.5 Å². The summed E-state index contributed by atoms with van der Waals surface area (Å²) < 4.78 is 0. The Hall–Kier alpha value is -2.43. The number of benzene rings is 1. The number of amides is 1. The van der Waals surface area contributed by atoms with Gasteiger partial charge in [0.15, 0.2) is 0 Å². The van der Waals surface area contributed by atoms with E-state index >= 15 is 0 Å². The van der Waals surface area contributed by atoms with Crippen LogP contribution in [0.3, 0.4) is 0 Å². The number of aryl methyl sites for hydroxylation is 1. The number of aromatic nitrogens is 2. The van der Waals surface area contributed by atoms with Gasteiger partial charge in [-0.2, -0.15) is 0 Å². The molecule has 1 fully saturated rings.